The third-order valence-electron chi connectivity index (χ3n) is 4.34. The molecule has 0 spiro atoms. The van der Waals surface area contributed by atoms with Crippen LogP contribution >= 0.6 is 23.4 Å². The summed E-state index contributed by atoms with van der Waals surface area (Å²) in [5, 5.41) is 3.72. The average Bonchev–Trinajstić information content (AvgIpc) is 3.16. The molecule has 0 aliphatic carbocycles. The van der Waals surface area contributed by atoms with Gasteiger partial charge >= 0.3 is 0 Å². The van der Waals surface area contributed by atoms with Gasteiger partial charge in [-0.2, -0.15) is 0 Å². The third kappa shape index (κ3) is 3.08. The summed E-state index contributed by atoms with van der Waals surface area (Å²) in [4.78, 5) is 6.96. The standard InChI is InChI=1S/C20H17ClN2O2S/c1-24-18-8-5-14(11-19(18)25-2)17-12-16(13-3-6-15(21)7-4-13)22-20-23(17)9-10-26-20/h3-12,17H,1-2H3. The Hall–Kier alpha value is -2.37. The summed E-state index contributed by atoms with van der Waals surface area (Å²) >= 11 is 7.64. The average molecular weight is 385 g/mol. The maximum atomic E-state index is 6.02. The number of rotatable bonds is 4. The van der Waals surface area contributed by atoms with Crippen molar-refractivity contribution < 1.29 is 9.47 Å². The Morgan fingerprint density at radius 1 is 1.04 bits per heavy atom. The number of halogens is 1. The van der Waals surface area contributed by atoms with E-state index in [1.165, 1.54) is 0 Å². The summed E-state index contributed by atoms with van der Waals surface area (Å²) in [6.45, 7) is 0. The van der Waals surface area contributed by atoms with Crippen LogP contribution in [0.15, 0.2) is 65.1 Å². The van der Waals surface area contributed by atoms with Gasteiger partial charge in [-0.15, -0.1) is 0 Å². The third-order valence-corrected chi connectivity index (χ3v) is 5.36. The van der Waals surface area contributed by atoms with Crippen LogP contribution in [0.25, 0.3) is 5.70 Å². The fraction of sp³-hybridized carbons (Fsp3) is 0.150. The van der Waals surface area contributed by atoms with E-state index < -0.39 is 0 Å². The zero-order chi connectivity index (χ0) is 18.1. The number of hydrogen-bond donors (Lipinski definition) is 0. The summed E-state index contributed by atoms with van der Waals surface area (Å²) in [5.41, 5.74) is 3.08. The lowest BCUT2D eigenvalue weighted by atomic mass is 10.0. The van der Waals surface area contributed by atoms with Crippen molar-refractivity contribution in [1.82, 2.24) is 4.90 Å². The molecule has 2 aliphatic rings. The Bertz CT molecular complexity index is 922. The second-order valence-corrected chi connectivity index (χ2v) is 7.13. The molecule has 4 nitrogen and oxygen atoms in total. The molecule has 2 aromatic rings. The predicted molar refractivity (Wildman–Crippen MR) is 108 cm³/mol. The van der Waals surface area contributed by atoms with E-state index in [1.807, 2.05) is 41.8 Å². The number of amidine groups is 1. The van der Waals surface area contributed by atoms with Crippen LogP contribution in [0.5, 0.6) is 11.5 Å². The second-order valence-electron chi connectivity index (χ2n) is 5.82. The highest BCUT2D eigenvalue weighted by molar-refractivity contribution is 8.16. The maximum absolute atomic E-state index is 6.02. The van der Waals surface area contributed by atoms with E-state index in [0.29, 0.717) is 16.5 Å². The van der Waals surface area contributed by atoms with Gasteiger partial charge in [0.05, 0.1) is 26.0 Å². The van der Waals surface area contributed by atoms with Gasteiger partial charge in [0.15, 0.2) is 16.7 Å². The largest absolute Gasteiger partial charge is 0.493 e. The van der Waals surface area contributed by atoms with Gasteiger partial charge in [0, 0.05) is 16.8 Å². The molecule has 0 amide bonds. The highest BCUT2D eigenvalue weighted by Crippen LogP contribution is 2.40. The van der Waals surface area contributed by atoms with E-state index in [9.17, 15) is 0 Å². The summed E-state index contributed by atoms with van der Waals surface area (Å²) < 4.78 is 10.8. The van der Waals surface area contributed by atoms with Gasteiger partial charge in [-0.1, -0.05) is 41.6 Å². The SMILES string of the molecule is COc1ccc(C2C=C(c3ccc(Cl)cc3)N=C3SC=CN32)cc1OC. The molecule has 0 saturated heterocycles. The van der Waals surface area contributed by atoms with Crippen molar-refractivity contribution in [1.29, 1.82) is 0 Å². The van der Waals surface area contributed by atoms with E-state index >= 15 is 0 Å². The molecule has 2 aliphatic heterocycles. The Morgan fingerprint density at radius 3 is 2.54 bits per heavy atom. The molecule has 1 unspecified atom stereocenters. The fourth-order valence-corrected chi connectivity index (χ4v) is 3.91. The lowest BCUT2D eigenvalue weighted by Gasteiger charge is -2.30. The van der Waals surface area contributed by atoms with Gasteiger partial charge in [0.1, 0.15) is 0 Å². The van der Waals surface area contributed by atoms with Crippen molar-refractivity contribution in [3.05, 3.63) is 76.3 Å². The second kappa shape index (κ2) is 7.09. The molecule has 0 saturated carbocycles. The molecule has 1 atom stereocenters. The normalized spacial score (nSPS) is 18.3. The number of aliphatic imine (C=N–C) groups is 1. The highest BCUT2D eigenvalue weighted by atomic mass is 35.5. The molecule has 0 radical (unpaired) electrons. The Morgan fingerprint density at radius 2 is 1.81 bits per heavy atom. The molecule has 0 N–H and O–H groups in total. The quantitative estimate of drug-likeness (QED) is 0.713. The van der Waals surface area contributed by atoms with Crippen molar-refractivity contribution in [3.63, 3.8) is 0 Å². The Kier molecular flexibility index (Phi) is 4.66. The van der Waals surface area contributed by atoms with Gasteiger partial charge in [0.2, 0.25) is 0 Å². The lowest BCUT2D eigenvalue weighted by Crippen LogP contribution is -2.27. The molecular weight excluding hydrogens is 368 g/mol. The number of hydrogen-bond acceptors (Lipinski definition) is 5. The van der Waals surface area contributed by atoms with Crippen molar-refractivity contribution in [2.45, 2.75) is 6.04 Å². The van der Waals surface area contributed by atoms with Crippen molar-refractivity contribution in [2.75, 3.05) is 14.2 Å². The number of nitrogens with zero attached hydrogens (tertiary/aromatic N) is 2. The van der Waals surface area contributed by atoms with Crippen molar-refractivity contribution >= 4 is 34.2 Å². The highest BCUT2D eigenvalue weighted by Gasteiger charge is 2.29. The smallest absolute Gasteiger partial charge is 0.173 e. The van der Waals surface area contributed by atoms with Crippen molar-refractivity contribution in [3.8, 4) is 11.5 Å². The summed E-state index contributed by atoms with van der Waals surface area (Å²) in [7, 11) is 3.29. The molecule has 2 heterocycles. The number of ether oxygens (including phenoxy) is 2. The van der Waals surface area contributed by atoms with Gasteiger partial charge in [0.25, 0.3) is 0 Å². The van der Waals surface area contributed by atoms with E-state index in [4.69, 9.17) is 26.1 Å². The van der Waals surface area contributed by atoms with Crippen molar-refractivity contribution in [2.24, 2.45) is 4.99 Å². The summed E-state index contributed by atoms with van der Waals surface area (Å²) in [5.74, 6) is 1.43. The van der Waals surface area contributed by atoms with Gasteiger partial charge in [-0.25, -0.2) is 4.99 Å². The molecule has 6 heteroatoms. The van der Waals surface area contributed by atoms with Gasteiger partial charge in [-0.3, -0.25) is 0 Å². The predicted octanol–water partition coefficient (Wildman–Crippen LogP) is 5.33. The molecule has 4 rings (SSSR count). The minimum atomic E-state index is 0.0271. The van der Waals surface area contributed by atoms with Crippen LogP contribution < -0.4 is 9.47 Å². The van der Waals surface area contributed by atoms with Crippen LogP contribution in [0.2, 0.25) is 5.02 Å². The monoisotopic (exact) mass is 384 g/mol. The molecule has 2 aromatic carbocycles. The van der Waals surface area contributed by atoms with E-state index in [-0.39, 0.29) is 6.04 Å². The molecule has 0 bridgehead atoms. The fourth-order valence-electron chi connectivity index (χ4n) is 3.02. The topological polar surface area (TPSA) is 34.1 Å². The first kappa shape index (κ1) is 17.1. The van der Waals surface area contributed by atoms with Crippen LogP contribution in [-0.4, -0.2) is 24.3 Å². The number of methoxy groups -OCH3 is 2. The maximum Gasteiger partial charge on any atom is 0.173 e. The van der Waals surface area contributed by atoms with Crippen LogP contribution in [0.1, 0.15) is 17.2 Å². The van der Waals surface area contributed by atoms with Crippen LogP contribution in [0, 0.1) is 0 Å². The molecular formula is C20H17ClN2O2S. The summed E-state index contributed by atoms with van der Waals surface area (Å²) in [6, 6.07) is 13.8. The zero-order valence-electron chi connectivity index (χ0n) is 14.3. The molecule has 0 aromatic heterocycles. The molecule has 0 fully saturated rings. The van der Waals surface area contributed by atoms with Crippen LogP contribution in [-0.2, 0) is 0 Å². The van der Waals surface area contributed by atoms with Gasteiger partial charge < -0.3 is 14.4 Å². The Balaban J connectivity index is 1.77. The first-order chi connectivity index (χ1) is 12.7. The Labute approximate surface area is 161 Å². The minimum absolute atomic E-state index is 0.0271. The number of benzene rings is 2. The first-order valence-corrected chi connectivity index (χ1v) is 9.35. The minimum Gasteiger partial charge on any atom is -0.493 e. The molecule has 26 heavy (non-hydrogen) atoms. The van der Waals surface area contributed by atoms with Crippen LogP contribution in [0.3, 0.4) is 0 Å². The summed E-state index contributed by atoms with van der Waals surface area (Å²) in [6.07, 6.45) is 4.21. The van der Waals surface area contributed by atoms with Gasteiger partial charge in [-0.05, 0) is 41.3 Å². The first-order valence-electron chi connectivity index (χ1n) is 8.09. The van der Waals surface area contributed by atoms with Crippen LogP contribution in [0.4, 0.5) is 0 Å². The molecule has 132 valence electrons. The van der Waals surface area contributed by atoms with E-state index in [1.54, 1.807) is 26.0 Å². The van der Waals surface area contributed by atoms with E-state index in [2.05, 4.69) is 23.2 Å². The number of fused-ring (bicyclic) bond motifs is 1. The number of thioether (sulfide) groups is 1. The van der Waals surface area contributed by atoms with E-state index in [0.717, 1.165) is 22.0 Å². The zero-order valence-corrected chi connectivity index (χ0v) is 15.9. The lowest BCUT2D eigenvalue weighted by molar-refractivity contribution is 0.353.